The van der Waals surface area contributed by atoms with Crippen molar-refractivity contribution in [3.8, 4) is 0 Å². The normalized spacial score (nSPS) is 25.5. The van der Waals surface area contributed by atoms with Crippen molar-refractivity contribution in [1.29, 1.82) is 0 Å². The summed E-state index contributed by atoms with van der Waals surface area (Å²) in [6.45, 7) is 1.65. The van der Waals surface area contributed by atoms with Crippen molar-refractivity contribution in [2.75, 3.05) is 11.5 Å². The highest BCUT2D eigenvalue weighted by molar-refractivity contribution is 8.15. The molecule has 1 aliphatic rings. The van der Waals surface area contributed by atoms with E-state index in [0.29, 0.717) is 6.42 Å². The molecule has 0 spiro atoms. The molecule has 1 saturated heterocycles. The number of sulfone groups is 1. The highest BCUT2D eigenvalue weighted by Crippen LogP contribution is 2.26. The van der Waals surface area contributed by atoms with Gasteiger partial charge >= 0.3 is 0 Å². The molecule has 6 nitrogen and oxygen atoms in total. The van der Waals surface area contributed by atoms with Crippen LogP contribution in [0.15, 0.2) is 15.7 Å². The van der Waals surface area contributed by atoms with E-state index in [1.54, 1.807) is 6.92 Å². The van der Waals surface area contributed by atoms with Gasteiger partial charge in [0.15, 0.2) is 9.84 Å². The molecule has 2 rings (SSSR count). The zero-order chi connectivity index (χ0) is 15.2. The van der Waals surface area contributed by atoms with Crippen LogP contribution in [0.2, 0.25) is 0 Å². The topological polar surface area (TPSA) is 97.4 Å². The number of hydrogen-bond acceptors (Lipinski definition) is 6. The van der Waals surface area contributed by atoms with E-state index in [0.717, 1.165) is 11.3 Å². The molecule has 0 aromatic carbocycles. The molecule has 10 heteroatoms. The summed E-state index contributed by atoms with van der Waals surface area (Å²) in [5.41, 5.74) is -0.669. The van der Waals surface area contributed by atoms with E-state index in [-0.39, 0.29) is 21.3 Å². The molecule has 1 amide bonds. The van der Waals surface area contributed by atoms with E-state index in [4.69, 9.17) is 10.7 Å². The second-order valence-electron chi connectivity index (χ2n) is 4.95. The van der Waals surface area contributed by atoms with Gasteiger partial charge in [0.2, 0.25) is 0 Å². The average molecular weight is 358 g/mol. The molecule has 1 atom stereocenters. The molecule has 2 heterocycles. The van der Waals surface area contributed by atoms with Gasteiger partial charge in [-0.1, -0.05) is 0 Å². The Kier molecular flexibility index (Phi) is 3.91. The Hall–Kier alpha value is -0.640. The van der Waals surface area contributed by atoms with Gasteiger partial charge in [-0.05, 0) is 19.4 Å². The lowest BCUT2D eigenvalue weighted by Crippen LogP contribution is -2.46. The van der Waals surface area contributed by atoms with Gasteiger partial charge < -0.3 is 5.32 Å². The van der Waals surface area contributed by atoms with E-state index in [1.807, 2.05) is 0 Å². The van der Waals surface area contributed by atoms with E-state index >= 15 is 0 Å². The van der Waals surface area contributed by atoms with Crippen LogP contribution in [0.5, 0.6) is 0 Å². The Morgan fingerprint density at radius 2 is 2.15 bits per heavy atom. The maximum Gasteiger partial charge on any atom is 0.270 e. The fourth-order valence-electron chi connectivity index (χ4n) is 2.02. The van der Waals surface area contributed by atoms with Crippen molar-refractivity contribution in [2.45, 2.75) is 23.1 Å². The first-order valence-electron chi connectivity index (χ1n) is 5.57. The third kappa shape index (κ3) is 3.51. The molecule has 1 aromatic rings. The van der Waals surface area contributed by atoms with Crippen molar-refractivity contribution in [3.63, 3.8) is 0 Å². The molecule has 112 valence electrons. The van der Waals surface area contributed by atoms with Gasteiger partial charge in [-0.3, -0.25) is 4.79 Å². The van der Waals surface area contributed by atoms with E-state index in [9.17, 15) is 21.6 Å². The fourth-order valence-corrected chi connectivity index (χ4v) is 6.06. The van der Waals surface area contributed by atoms with Crippen LogP contribution in [0.4, 0.5) is 0 Å². The summed E-state index contributed by atoms with van der Waals surface area (Å²) in [6.07, 6.45) is 0.339. The van der Waals surface area contributed by atoms with Crippen molar-refractivity contribution in [1.82, 2.24) is 5.32 Å². The van der Waals surface area contributed by atoms with Gasteiger partial charge in [0.1, 0.15) is 4.21 Å². The first kappa shape index (κ1) is 15.7. The molecule has 1 unspecified atom stereocenters. The summed E-state index contributed by atoms with van der Waals surface area (Å²) >= 11 is 0.842. The molecule has 0 saturated carbocycles. The third-order valence-corrected chi connectivity index (χ3v) is 7.94. The van der Waals surface area contributed by atoms with Crippen LogP contribution < -0.4 is 5.32 Å². The Labute approximate surface area is 125 Å². The Morgan fingerprint density at radius 3 is 2.60 bits per heavy atom. The molecular weight excluding hydrogens is 346 g/mol. The molecule has 1 fully saturated rings. The lowest BCUT2D eigenvalue weighted by Gasteiger charge is -2.23. The van der Waals surface area contributed by atoms with Crippen molar-refractivity contribution < 1.29 is 21.6 Å². The number of rotatable bonds is 3. The zero-order valence-corrected chi connectivity index (χ0v) is 13.6. The maximum atomic E-state index is 12.0. The molecule has 0 aliphatic carbocycles. The zero-order valence-electron chi connectivity index (χ0n) is 10.4. The van der Waals surface area contributed by atoms with Crippen molar-refractivity contribution >= 4 is 46.8 Å². The van der Waals surface area contributed by atoms with Gasteiger partial charge in [-0.15, -0.1) is 11.3 Å². The lowest BCUT2D eigenvalue weighted by atomic mass is 10.0. The summed E-state index contributed by atoms with van der Waals surface area (Å²) in [7, 11) is -1.81. The van der Waals surface area contributed by atoms with Gasteiger partial charge in [0, 0.05) is 16.1 Å². The second kappa shape index (κ2) is 4.97. The van der Waals surface area contributed by atoms with Crippen molar-refractivity contribution in [3.05, 3.63) is 17.0 Å². The van der Waals surface area contributed by atoms with Crippen LogP contribution in [0.25, 0.3) is 0 Å². The van der Waals surface area contributed by atoms with Crippen LogP contribution in [-0.4, -0.2) is 39.8 Å². The quantitative estimate of drug-likeness (QED) is 0.813. The number of hydrogen-bond donors (Lipinski definition) is 1. The van der Waals surface area contributed by atoms with Gasteiger partial charge in [0.05, 0.1) is 22.6 Å². The fraction of sp³-hybridized carbons (Fsp3) is 0.500. The first-order valence-corrected chi connectivity index (χ1v) is 10.6. The Morgan fingerprint density at radius 1 is 1.50 bits per heavy atom. The number of carbonyl (C=O) groups excluding carboxylic acids is 1. The number of nitrogens with one attached hydrogen (secondary N) is 1. The highest BCUT2D eigenvalue weighted by Gasteiger charge is 2.39. The summed E-state index contributed by atoms with van der Waals surface area (Å²) < 4.78 is 45.0. The number of halogens is 1. The van der Waals surface area contributed by atoms with Crippen LogP contribution in [0, 0.1) is 0 Å². The predicted molar refractivity (Wildman–Crippen MR) is 76.5 cm³/mol. The molecule has 0 radical (unpaired) electrons. The maximum absolute atomic E-state index is 12.0. The molecule has 1 N–H and O–H groups in total. The minimum atomic E-state index is -3.86. The number of amides is 1. The van der Waals surface area contributed by atoms with Gasteiger partial charge in [-0.2, -0.15) is 0 Å². The minimum absolute atomic E-state index is 0.0364. The largest absolute Gasteiger partial charge is 0.346 e. The molecule has 20 heavy (non-hydrogen) atoms. The highest BCUT2D eigenvalue weighted by atomic mass is 35.7. The van der Waals surface area contributed by atoms with Crippen LogP contribution in [0.3, 0.4) is 0 Å². The first-order chi connectivity index (χ1) is 9.01. The lowest BCUT2D eigenvalue weighted by molar-refractivity contribution is 0.0915. The SMILES string of the molecule is CC1(NC(=O)c2csc(S(=O)(=O)Cl)c2)CCS(=O)(=O)C1. The smallest absolute Gasteiger partial charge is 0.270 e. The van der Waals surface area contributed by atoms with Gasteiger partial charge in [-0.25, -0.2) is 16.8 Å². The van der Waals surface area contributed by atoms with E-state index in [2.05, 4.69) is 5.32 Å². The minimum Gasteiger partial charge on any atom is -0.346 e. The summed E-state index contributed by atoms with van der Waals surface area (Å²) in [5, 5.41) is 4.02. The van der Waals surface area contributed by atoms with Crippen molar-refractivity contribution in [2.24, 2.45) is 0 Å². The van der Waals surface area contributed by atoms with E-state index < -0.39 is 30.3 Å². The van der Waals surface area contributed by atoms with Crippen LogP contribution >= 0.6 is 22.0 Å². The second-order valence-corrected chi connectivity index (χ2v) is 10.8. The van der Waals surface area contributed by atoms with Crippen LogP contribution in [-0.2, 0) is 18.9 Å². The molecule has 1 aromatic heterocycles. The average Bonchev–Trinajstić information content (AvgIpc) is 2.82. The molecular formula is C10H12ClNO5S3. The summed E-state index contributed by atoms with van der Waals surface area (Å²) in [5.74, 6) is -0.585. The predicted octanol–water partition coefficient (Wildman–Crippen LogP) is 0.983. The third-order valence-electron chi connectivity index (χ3n) is 3.00. The standard InChI is InChI=1S/C10H12ClNO5S3/c1-10(2-3-19(14,15)6-10)12-9(13)7-4-8(18-5-7)20(11,16)17/h4-5H,2-3,6H2,1H3,(H,12,13). The Balaban J connectivity index is 2.16. The van der Waals surface area contributed by atoms with E-state index in [1.165, 1.54) is 11.4 Å². The summed E-state index contributed by atoms with van der Waals surface area (Å²) in [6, 6.07) is 1.18. The number of carbonyl (C=O) groups is 1. The monoisotopic (exact) mass is 357 g/mol. The van der Waals surface area contributed by atoms with Crippen LogP contribution in [0.1, 0.15) is 23.7 Å². The molecule has 1 aliphatic heterocycles. The number of thiophene rings is 1. The van der Waals surface area contributed by atoms with Gasteiger partial charge in [0.25, 0.3) is 15.0 Å². The Bertz CT molecular complexity index is 752. The molecule has 0 bridgehead atoms. The summed E-state index contributed by atoms with van der Waals surface area (Å²) in [4.78, 5) is 12.0.